The number of rotatable bonds is 8. The first kappa shape index (κ1) is 23.9. The molecule has 10 heteroatoms. The standard InChI is InChI=1S/C27H24N6O4/c1-36-22-14-12-20(13-15-22)24-16-23(19-8-4-2-5-9-19)29-33(24)25(34)18-37-26(35)17-32-30-27(28-31-32)21-10-6-3-7-11-21/h2-15,24H,16-18H2,1H3. The summed E-state index contributed by atoms with van der Waals surface area (Å²) in [6.45, 7) is -0.731. The highest BCUT2D eigenvalue weighted by molar-refractivity contribution is 6.03. The molecule has 1 aliphatic heterocycles. The molecular weight excluding hydrogens is 472 g/mol. The summed E-state index contributed by atoms with van der Waals surface area (Å²) in [5.74, 6) is 0.0241. The molecule has 0 bridgehead atoms. The molecule has 0 spiro atoms. The van der Waals surface area contributed by atoms with Crippen molar-refractivity contribution < 1.29 is 19.1 Å². The topological polar surface area (TPSA) is 112 Å². The maximum Gasteiger partial charge on any atom is 0.330 e. The van der Waals surface area contributed by atoms with Crippen LogP contribution in [0.25, 0.3) is 11.4 Å². The lowest BCUT2D eigenvalue weighted by Crippen LogP contribution is -2.32. The normalized spacial score (nSPS) is 14.8. The Morgan fingerprint density at radius 3 is 2.27 bits per heavy atom. The Labute approximate surface area is 213 Å². The van der Waals surface area contributed by atoms with Gasteiger partial charge < -0.3 is 9.47 Å². The third kappa shape index (κ3) is 5.53. The smallest absolute Gasteiger partial charge is 0.330 e. The highest BCUT2D eigenvalue weighted by atomic mass is 16.5. The molecule has 10 nitrogen and oxygen atoms in total. The summed E-state index contributed by atoms with van der Waals surface area (Å²) in [6.07, 6.45) is 0.529. The van der Waals surface area contributed by atoms with Crippen molar-refractivity contribution in [1.82, 2.24) is 25.2 Å². The zero-order valence-electron chi connectivity index (χ0n) is 20.1. The van der Waals surface area contributed by atoms with Gasteiger partial charge in [0.2, 0.25) is 5.82 Å². The largest absolute Gasteiger partial charge is 0.497 e. The second-order valence-corrected chi connectivity index (χ2v) is 8.31. The van der Waals surface area contributed by atoms with Crippen LogP contribution >= 0.6 is 0 Å². The van der Waals surface area contributed by atoms with Gasteiger partial charge in [-0.1, -0.05) is 72.8 Å². The van der Waals surface area contributed by atoms with Gasteiger partial charge in [-0.3, -0.25) is 4.79 Å². The van der Waals surface area contributed by atoms with Gasteiger partial charge in [-0.2, -0.15) is 9.90 Å². The third-order valence-corrected chi connectivity index (χ3v) is 5.89. The second-order valence-electron chi connectivity index (χ2n) is 8.31. The fourth-order valence-electron chi connectivity index (χ4n) is 4.01. The first-order chi connectivity index (χ1) is 18.1. The van der Waals surface area contributed by atoms with Crippen molar-refractivity contribution in [1.29, 1.82) is 0 Å². The molecule has 1 atom stereocenters. The van der Waals surface area contributed by atoms with Gasteiger partial charge in [-0.15, -0.1) is 10.2 Å². The number of methoxy groups -OCH3 is 1. The summed E-state index contributed by atoms with van der Waals surface area (Å²) in [5.41, 5.74) is 3.39. The zero-order chi connectivity index (χ0) is 25.6. The van der Waals surface area contributed by atoms with Gasteiger partial charge in [-0.25, -0.2) is 9.80 Å². The molecule has 0 saturated heterocycles. The number of amides is 1. The van der Waals surface area contributed by atoms with E-state index in [0.717, 1.165) is 32.9 Å². The lowest BCUT2D eigenvalue weighted by atomic mass is 9.98. The van der Waals surface area contributed by atoms with Crippen LogP contribution < -0.4 is 4.74 Å². The zero-order valence-corrected chi connectivity index (χ0v) is 20.1. The van der Waals surface area contributed by atoms with E-state index in [9.17, 15) is 9.59 Å². The second kappa shape index (κ2) is 10.8. The minimum Gasteiger partial charge on any atom is -0.497 e. The summed E-state index contributed by atoms with van der Waals surface area (Å²) in [5, 5.41) is 18.0. The molecule has 0 N–H and O–H groups in total. The van der Waals surface area contributed by atoms with Crippen molar-refractivity contribution in [3.05, 3.63) is 96.1 Å². The molecule has 5 rings (SSSR count). The fraction of sp³-hybridized carbons (Fsp3) is 0.185. The Kier molecular flexibility index (Phi) is 6.98. The molecule has 1 aromatic heterocycles. The average Bonchev–Trinajstić information content (AvgIpc) is 3.61. The molecule has 0 radical (unpaired) electrons. The Balaban J connectivity index is 1.26. The van der Waals surface area contributed by atoms with Gasteiger partial charge in [-0.05, 0) is 28.5 Å². The van der Waals surface area contributed by atoms with Crippen LogP contribution in [-0.2, 0) is 20.9 Å². The van der Waals surface area contributed by atoms with Crippen molar-refractivity contribution in [2.24, 2.45) is 5.10 Å². The summed E-state index contributed by atoms with van der Waals surface area (Å²) in [4.78, 5) is 26.7. The van der Waals surface area contributed by atoms with Crippen molar-refractivity contribution in [3.63, 3.8) is 0 Å². The first-order valence-electron chi connectivity index (χ1n) is 11.7. The Bertz CT molecular complexity index is 1400. The predicted octanol–water partition coefficient (Wildman–Crippen LogP) is 3.27. The van der Waals surface area contributed by atoms with E-state index in [1.54, 1.807) is 7.11 Å². The number of benzene rings is 3. The minimum atomic E-state index is -0.655. The van der Waals surface area contributed by atoms with E-state index in [1.165, 1.54) is 5.01 Å². The highest BCUT2D eigenvalue weighted by Gasteiger charge is 2.33. The van der Waals surface area contributed by atoms with Gasteiger partial charge in [0, 0.05) is 12.0 Å². The van der Waals surface area contributed by atoms with Crippen LogP contribution in [0.2, 0.25) is 0 Å². The minimum absolute atomic E-state index is 0.270. The molecule has 1 unspecified atom stereocenters. The number of hydrogen-bond acceptors (Lipinski definition) is 8. The molecule has 186 valence electrons. The molecule has 1 aliphatic rings. The van der Waals surface area contributed by atoms with Crippen LogP contribution in [0, 0.1) is 0 Å². The van der Waals surface area contributed by atoms with Gasteiger partial charge in [0.05, 0.1) is 18.9 Å². The maximum atomic E-state index is 13.1. The molecule has 37 heavy (non-hydrogen) atoms. The SMILES string of the molecule is COc1ccc(C2CC(c3ccccc3)=NN2C(=O)COC(=O)Cn2nnc(-c3ccccc3)n2)cc1. The van der Waals surface area contributed by atoms with Gasteiger partial charge in [0.15, 0.2) is 13.2 Å². The number of carbonyl (C=O) groups excluding carboxylic acids is 2. The van der Waals surface area contributed by atoms with Gasteiger partial charge >= 0.3 is 5.97 Å². The summed E-state index contributed by atoms with van der Waals surface area (Å²) in [7, 11) is 1.60. The fourth-order valence-corrected chi connectivity index (χ4v) is 4.01. The number of carbonyl (C=O) groups is 2. The van der Waals surface area contributed by atoms with E-state index in [2.05, 4.69) is 20.5 Å². The molecule has 0 saturated carbocycles. The Hall–Kier alpha value is -4.86. The lowest BCUT2D eigenvalue weighted by Gasteiger charge is -2.22. The van der Waals surface area contributed by atoms with Crippen molar-refractivity contribution in [2.75, 3.05) is 13.7 Å². The molecule has 0 fully saturated rings. The maximum absolute atomic E-state index is 13.1. The van der Waals surface area contributed by atoms with Crippen molar-refractivity contribution in [2.45, 2.75) is 19.0 Å². The van der Waals surface area contributed by atoms with Crippen LogP contribution in [0.5, 0.6) is 5.75 Å². The van der Waals surface area contributed by atoms with E-state index >= 15 is 0 Å². The molecule has 4 aromatic rings. The summed E-state index contributed by atoms with van der Waals surface area (Å²) >= 11 is 0. The highest BCUT2D eigenvalue weighted by Crippen LogP contribution is 2.33. The molecule has 3 aromatic carbocycles. The number of aromatic nitrogens is 4. The van der Waals surface area contributed by atoms with E-state index < -0.39 is 18.5 Å². The molecule has 2 heterocycles. The van der Waals surface area contributed by atoms with Crippen LogP contribution in [0.15, 0.2) is 90.0 Å². The Morgan fingerprint density at radius 1 is 0.919 bits per heavy atom. The summed E-state index contributed by atoms with van der Waals surface area (Å²) < 4.78 is 10.5. The van der Waals surface area contributed by atoms with E-state index in [-0.39, 0.29) is 12.6 Å². The van der Waals surface area contributed by atoms with Crippen LogP contribution in [0.3, 0.4) is 0 Å². The Morgan fingerprint density at radius 2 is 1.59 bits per heavy atom. The van der Waals surface area contributed by atoms with Crippen molar-refractivity contribution >= 4 is 17.6 Å². The van der Waals surface area contributed by atoms with Gasteiger partial charge in [0.25, 0.3) is 5.91 Å². The van der Waals surface area contributed by atoms with E-state index in [4.69, 9.17) is 9.47 Å². The number of ether oxygens (including phenoxy) is 2. The third-order valence-electron chi connectivity index (χ3n) is 5.89. The van der Waals surface area contributed by atoms with Gasteiger partial charge in [0.1, 0.15) is 5.75 Å². The number of esters is 1. The van der Waals surface area contributed by atoms with Crippen LogP contribution in [0.1, 0.15) is 23.6 Å². The number of nitrogens with zero attached hydrogens (tertiary/aromatic N) is 6. The molecule has 1 amide bonds. The number of hydrazone groups is 1. The lowest BCUT2D eigenvalue weighted by molar-refractivity contribution is -0.153. The average molecular weight is 497 g/mol. The van der Waals surface area contributed by atoms with Crippen LogP contribution in [0.4, 0.5) is 0 Å². The van der Waals surface area contributed by atoms with E-state index in [1.807, 2.05) is 84.9 Å². The molecule has 0 aliphatic carbocycles. The first-order valence-corrected chi connectivity index (χ1v) is 11.7. The van der Waals surface area contributed by atoms with Crippen LogP contribution in [-0.4, -0.2) is 56.5 Å². The summed E-state index contributed by atoms with van der Waals surface area (Å²) in [6, 6.07) is 26.1. The quantitative estimate of drug-likeness (QED) is 0.344. The number of hydrogen-bond donors (Lipinski definition) is 0. The number of tetrazole rings is 1. The van der Waals surface area contributed by atoms with E-state index in [0.29, 0.717) is 12.2 Å². The molecular formula is C27H24N6O4. The predicted molar refractivity (Wildman–Crippen MR) is 134 cm³/mol. The van der Waals surface area contributed by atoms with Crippen molar-refractivity contribution in [3.8, 4) is 17.1 Å². The monoisotopic (exact) mass is 496 g/mol.